The van der Waals surface area contributed by atoms with E-state index < -0.39 is 18.0 Å². The summed E-state index contributed by atoms with van der Waals surface area (Å²) in [5, 5.41) is 2.50. The smallest absolute Gasteiger partial charge is 0.326 e. The second-order valence-corrected chi connectivity index (χ2v) is 5.90. The van der Waals surface area contributed by atoms with Crippen molar-refractivity contribution in [1.82, 2.24) is 4.90 Å². The van der Waals surface area contributed by atoms with E-state index in [0.717, 1.165) is 11.8 Å². The van der Waals surface area contributed by atoms with Gasteiger partial charge in [0.15, 0.2) is 6.10 Å². The van der Waals surface area contributed by atoms with Crippen molar-refractivity contribution in [3.8, 4) is 5.75 Å². The molecule has 1 saturated heterocycles. The van der Waals surface area contributed by atoms with Gasteiger partial charge in [-0.25, -0.2) is 0 Å². The van der Waals surface area contributed by atoms with Crippen LogP contribution in [0.15, 0.2) is 24.3 Å². The first-order valence-electron chi connectivity index (χ1n) is 7.06. The number of hydrogen-bond donors (Lipinski definition) is 1. The fraction of sp³-hybridized carbons (Fsp3) is 0.400. The van der Waals surface area contributed by atoms with Crippen LogP contribution in [0.2, 0.25) is 0 Å². The van der Waals surface area contributed by atoms with Crippen LogP contribution in [0.3, 0.4) is 0 Å². The van der Waals surface area contributed by atoms with Crippen molar-refractivity contribution in [2.45, 2.75) is 13.0 Å². The van der Waals surface area contributed by atoms with Crippen molar-refractivity contribution in [3.63, 3.8) is 0 Å². The fourth-order valence-corrected chi connectivity index (χ4v) is 2.82. The quantitative estimate of drug-likeness (QED) is 0.795. The van der Waals surface area contributed by atoms with E-state index in [-0.39, 0.29) is 11.8 Å². The van der Waals surface area contributed by atoms with Crippen molar-refractivity contribution in [3.05, 3.63) is 24.3 Å². The van der Waals surface area contributed by atoms with Crippen molar-refractivity contribution in [2.75, 3.05) is 31.3 Å². The van der Waals surface area contributed by atoms with Crippen LogP contribution >= 0.6 is 11.8 Å². The van der Waals surface area contributed by atoms with Gasteiger partial charge in [0, 0.05) is 12.3 Å². The summed E-state index contributed by atoms with van der Waals surface area (Å²) in [5.74, 6) is 0.100. The highest BCUT2D eigenvalue weighted by Gasteiger charge is 2.26. The van der Waals surface area contributed by atoms with E-state index in [4.69, 9.17) is 9.47 Å². The molecule has 0 unspecified atom stereocenters. The number of amides is 2. The van der Waals surface area contributed by atoms with Gasteiger partial charge in [-0.15, -0.1) is 0 Å². The molecule has 8 heteroatoms. The molecule has 0 bridgehead atoms. The van der Waals surface area contributed by atoms with Crippen LogP contribution in [0, 0.1) is 0 Å². The molecule has 0 aliphatic carbocycles. The molecule has 0 saturated carbocycles. The second kappa shape index (κ2) is 7.87. The van der Waals surface area contributed by atoms with E-state index >= 15 is 0 Å². The van der Waals surface area contributed by atoms with Crippen LogP contribution in [-0.2, 0) is 14.3 Å². The first-order valence-corrected chi connectivity index (χ1v) is 8.05. The third kappa shape index (κ3) is 4.62. The number of anilines is 1. The Balaban J connectivity index is 1.87. The number of esters is 1. The minimum absolute atomic E-state index is 0.141. The first kappa shape index (κ1) is 17.1. The average Bonchev–Trinajstić information content (AvgIpc) is 2.92. The average molecular weight is 338 g/mol. The highest BCUT2D eigenvalue weighted by Crippen LogP contribution is 2.23. The standard InChI is InChI=1S/C15H18N2O5S/c1-10(22-13(18)9-17-7-8-23-15(17)20)14(19)16-11-5-3-4-6-12(11)21-2/h3-6,10H,7-9H2,1-2H3,(H,16,19)/t10-/m1/s1. The molecule has 1 fully saturated rings. The van der Waals surface area contributed by atoms with Crippen molar-refractivity contribution in [1.29, 1.82) is 0 Å². The molecular formula is C15H18N2O5S. The number of nitrogens with one attached hydrogen (secondary N) is 1. The zero-order valence-corrected chi connectivity index (χ0v) is 13.7. The molecule has 1 aliphatic heterocycles. The van der Waals surface area contributed by atoms with Gasteiger partial charge in [0.05, 0.1) is 12.8 Å². The molecule has 0 spiro atoms. The molecule has 1 heterocycles. The topological polar surface area (TPSA) is 84.9 Å². The third-order valence-corrected chi connectivity index (χ3v) is 4.10. The number of benzene rings is 1. The monoisotopic (exact) mass is 338 g/mol. The van der Waals surface area contributed by atoms with Crippen LogP contribution in [0.1, 0.15) is 6.92 Å². The van der Waals surface area contributed by atoms with E-state index in [9.17, 15) is 14.4 Å². The first-order chi connectivity index (χ1) is 11.0. The second-order valence-electron chi connectivity index (χ2n) is 4.86. The van der Waals surface area contributed by atoms with Gasteiger partial charge in [-0.2, -0.15) is 0 Å². The number of nitrogens with zero attached hydrogens (tertiary/aromatic N) is 1. The lowest BCUT2D eigenvalue weighted by Gasteiger charge is -2.17. The van der Waals surface area contributed by atoms with Crippen molar-refractivity contribution >= 4 is 34.6 Å². The SMILES string of the molecule is COc1ccccc1NC(=O)[C@@H](C)OC(=O)CN1CCSC1=O. The summed E-state index contributed by atoms with van der Waals surface area (Å²) >= 11 is 1.16. The minimum Gasteiger partial charge on any atom is -0.495 e. The van der Waals surface area contributed by atoms with E-state index in [2.05, 4.69) is 5.32 Å². The number of ether oxygens (including phenoxy) is 2. The lowest BCUT2D eigenvalue weighted by atomic mass is 10.2. The van der Waals surface area contributed by atoms with Gasteiger partial charge in [-0.3, -0.25) is 14.4 Å². The lowest BCUT2D eigenvalue weighted by molar-refractivity contribution is -0.153. The molecule has 0 aromatic heterocycles. The number of methoxy groups -OCH3 is 1. The largest absolute Gasteiger partial charge is 0.495 e. The maximum Gasteiger partial charge on any atom is 0.326 e. The summed E-state index contributed by atoms with van der Waals surface area (Å²) in [7, 11) is 1.50. The molecule has 1 N–H and O–H groups in total. The molecule has 1 aliphatic rings. The predicted octanol–water partition coefficient (Wildman–Crippen LogP) is 1.73. The summed E-state index contributed by atoms with van der Waals surface area (Å²) in [4.78, 5) is 36.7. The molecule has 2 rings (SSSR count). The molecule has 1 aromatic carbocycles. The molecule has 1 atom stereocenters. The van der Waals surface area contributed by atoms with Gasteiger partial charge in [-0.1, -0.05) is 23.9 Å². The molecule has 7 nitrogen and oxygen atoms in total. The molecule has 1 aromatic rings. The van der Waals surface area contributed by atoms with Gasteiger partial charge in [0.1, 0.15) is 12.3 Å². The van der Waals surface area contributed by atoms with Crippen molar-refractivity contribution < 1.29 is 23.9 Å². The molecule has 0 radical (unpaired) electrons. The number of para-hydroxylation sites is 2. The normalized spacial score (nSPS) is 15.2. The third-order valence-electron chi connectivity index (χ3n) is 3.21. The highest BCUT2D eigenvalue weighted by molar-refractivity contribution is 8.13. The van der Waals surface area contributed by atoms with Gasteiger partial charge >= 0.3 is 5.97 Å². The number of carbonyl (C=O) groups is 3. The van der Waals surface area contributed by atoms with Gasteiger partial charge in [0.2, 0.25) is 0 Å². The van der Waals surface area contributed by atoms with Crippen LogP contribution in [-0.4, -0.2) is 54.1 Å². The van der Waals surface area contributed by atoms with Gasteiger partial charge in [-0.05, 0) is 19.1 Å². The summed E-state index contributed by atoms with van der Waals surface area (Å²) < 4.78 is 10.2. The molecular weight excluding hydrogens is 320 g/mol. The predicted molar refractivity (Wildman–Crippen MR) is 86.6 cm³/mol. The van der Waals surface area contributed by atoms with E-state index in [0.29, 0.717) is 23.7 Å². The van der Waals surface area contributed by atoms with Crippen LogP contribution in [0.25, 0.3) is 0 Å². The Labute approximate surface area is 138 Å². The Morgan fingerprint density at radius 2 is 2.13 bits per heavy atom. The van der Waals surface area contributed by atoms with E-state index in [1.807, 2.05) is 0 Å². The zero-order valence-electron chi connectivity index (χ0n) is 12.9. The summed E-state index contributed by atoms with van der Waals surface area (Å²) in [6, 6.07) is 6.93. The highest BCUT2D eigenvalue weighted by atomic mass is 32.2. The molecule has 124 valence electrons. The van der Waals surface area contributed by atoms with E-state index in [1.54, 1.807) is 24.3 Å². The van der Waals surface area contributed by atoms with Gasteiger partial charge in [0.25, 0.3) is 11.1 Å². The molecule has 23 heavy (non-hydrogen) atoms. The Kier molecular flexibility index (Phi) is 5.86. The summed E-state index contributed by atoms with van der Waals surface area (Å²) in [6.45, 7) is 1.85. The van der Waals surface area contributed by atoms with Crippen LogP contribution < -0.4 is 10.1 Å². The fourth-order valence-electron chi connectivity index (χ4n) is 2.00. The number of hydrogen-bond acceptors (Lipinski definition) is 6. The minimum atomic E-state index is -0.974. The summed E-state index contributed by atoms with van der Waals surface area (Å²) in [5.41, 5.74) is 0.494. The number of rotatable bonds is 6. The Bertz CT molecular complexity index is 607. The summed E-state index contributed by atoms with van der Waals surface area (Å²) in [6.07, 6.45) is -0.974. The number of thioether (sulfide) groups is 1. The Morgan fingerprint density at radius 1 is 1.39 bits per heavy atom. The van der Waals surface area contributed by atoms with Crippen molar-refractivity contribution in [2.24, 2.45) is 0 Å². The lowest BCUT2D eigenvalue weighted by Crippen LogP contribution is -2.36. The van der Waals surface area contributed by atoms with Crippen LogP contribution in [0.4, 0.5) is 10.5 Å². The Hall–Kier alpha value is -2.22. The van der Waals surface area contributed by atoms with Gasteiger partial charge < -0.3 is 19.7 Å². The number of carbonyl (C=O) groups excluding carboxylic acids is 3. The van der Waals surface area contributed by atoms with Crippen LogP contribution in [0.5, 0.6) is 5.75 Å². The zero-order chi connectivity index (χ0) is 16.8. The maximum absolute atomic E-state index is 12.1. The molecule has 2 amide bonds. The maximum atomic E-state index is 12.1. The van der Waals surface area contributed by atoms with E-state index in [1.165, 1.54) is 18.9 Å². The Morgan fingerprint density at radius 3 is 2.78 bits per heavy atom.